The summed E-state index contributed by atoms with van der Waals surface area (Å²) in [6.45, 7) is 3.90. The van der Waals surface area contributed by atoms with E-state index in [1.165, 1.54) is 12.8 Å². The smallest absolute Gasteiger partial charge is 0.257 e. The number of hydrogen-bond acceptors (Lipinski definition) is 3. The van der Waals surface area contributed by atoms with E-state index in [1.807, 2.05) is 0 Å². The molecule has 94 valence electrons. The standard InChI is InChI=1S/C12H20N4O/c1-3-9(6-8-4-5-8)14-12(17)10-7(2)15-16-11(10)13/h8-9H,3-6H2,1-2H3,(H,14,17)(H3,13,15,16). The fourth-order valence-electron chi connectivity index (χ4n) is 2.08. The van der Waals surface area contributed by atoms with Gasteiger partial charge in [-0.15, -0.1) is 0 Å². The molecule has 1 aromatic heterocycles. The molecule has 1 unspecified atom stereocenters. The Morgan fingerprint density at radius 1 is 1.65 bits per heavy atom. The van der Waals surface area contributed by atoms with Crippen molar-refractivity contribution in [3.63, 3.8) is 0 Å². The number of amides is 1. The van der Waals surface area contributed by atoms with E-state index in [-0.39, 0.29) is 17.8 Å². The second-order valence-electron chi connectivity index (χ2n) is 4.87. The molecule has 1 fully saturated rings. The number of H-pyrrole nitrogens is 1. The van der Waals surface area contributed by atoms with Gasteiger partial charge in [0.2, 0.25) is 0 Å². The lowest BCUT2D eigenvalue weighted by molar-refractivity contribution is 0.0933. The first-order chi connectivity index (χ1) is 8.11. The summed E-state index contributed by atoms with van der Waals surface area (Å²) < 4.78 is 0. The summed E-state index contributed by atoms with van der Waals surface area (Å²) in [6.07, 6.45) is 4.65. The Kier molecular flexibility index (Phi) is 3.36. The van der Waals surface area contributed by atoms with Gasteiger partial charge in [-0.3, -0.25) is 9.89 Å². The minimum atomic E-state index is -0.110. The van der Waals surface area contributed by atoms with Crippen LogP contribution in [0.4, 0.5) is 5.82 Å². The highest BCUT2D eigenvalue weighted by Gasteiger charge is 2.26. The Balaban J connectivity index is 1.99. The van der Waals surface area contributed by atoms with Gasteiger partial charge in [0.15, 0.2) is 5.82 Å². The molecule has 1 saturated carbocycles. The van der Waals surface area contributed by atoms with E-state index < -0.39 is 0 Å². The van der Waals surface area contributed by atoms with Gasteiger partial charge in [-0.25, -0.2) is 0 Å². The maximum absolute atomic E-state index is 12.1. The number of hydrogen-bond donors (Lipinski definition) is 3. The number of aryl methyl sites for hydroxylation is 1. The molecule has 17 heavy (non-hydrogen) atoms. The fraction of sp³-hybridized carbons (Fsp3) is 0.667. The van der Waals surface area contributed by atoms with Crippen LogP contribution in [0, 0.1) is 12.8 Å². The van der Waals surface area contributed by atoms with Crippen molar-refractivity contribution in [3.05, 3.63) is 11.3 Å². The first-order valence-corrected chi connectivity index (χ1v) is 6.23. The molecule has 0 bridgehead atoms. The first-order valence-electron chi connectivity index (χ1n) is 6.23. The Morgan fingerprint density at radius 2 is 2.35 bits per heavy atom. The number of aromatic amines is 1. The van der Waals surface area contributed by atoms with E-state index in [0.717, 1.165) is 24.5 Å². The van der Waals surface area contributed by atoms with Crippen LogP contribution < -0.4 is 11.1 Å². The zero-order valence-corrected chi connectivity index (χ0v) is 10.4. The van der Waals surface area contributed by atoms with E-state index in [0.29, 0.717) is 5.56 Å². The minimum absolute atomic E-state index is 0.110. The van der Waals surface area contributed by atoms with Gasteiger partial charge in [0.05, 0.1) is 0 Å². The maximum Gasteiger partial charge on any atom is 0.257 e. The Bertz CT molecular complexity index is 389. The topological polar surface area (TPSA) is 83.8 Å². The van der Waals surface area contributed by atoms with Crippen LogP contribution in [0.5, 0.6) is 0 Å². The van der Waals surface area contributed by atoms with Gasteiger partial charge in [-0.05, 0) is 25.7 Å². The molecular formula is C12H20N4O. The van der Waals surface area contributed by atoms with Crippen LogP contribution in [0.2, 0.25) is 0 Å². The third-order valence-corrected chi connectivity index (χ3v) is 3.35. The lowest BCUT2D eigenvalue weighted by atomic mass is 10.1. The number of nitrogen functional groups attached to an aromatic ring is 1. The summed E-state index contributed by atoms with van der Waals surface area (Å²) in [4.78, 5) is 12.1. The summed E-state index contributed by atoms with van der Waals surface area (Å²) in [5.41, 5.74) is 6.88. The zero-order valence-electron chi connectivity index (χ0n) is 10.4. The van der Waals surface area contributed by atoms with Crippen LogP contribution >= 0.6 is 0 Å². The van der Waals surface area contributed by atoms with Gasteiger partial charge in [0, 0.05) is 11.7 Å². The molecule has 0 aliphatic heterocycles. The molecule has 1 atom stereocenters. The van der Waals surface area contributed by atoms with Crippen molar-refractivity contribution in [3.8, 4) is 0 Å². The molecule has 5 heteroatoms. The Hall–Kier alpha value is -1.52. The number of nitrogens with zero attached hydrogens (tertiary/aromatic N) is 1. The van der Waals surface area contributed by atoms with Crippen LogP contribution in [-0.2, 0) is 0 Å². The third kappa shape index (κ3) is 2.78. The lowest BCUT2D eigenvalue weighted by Crippen LogP contribution is -2.35. The average Bonchev–Trinajstić information content (AvgIpc) is 3.03. The maximum atomic E-state index is 12.1. The molecule has 1 aromatic rings. The van der Waals surface area contributed by atoms with E-state index in [2.05, 4.69) is 22.4 Å². The van der Waals surface area contributed by atoms with Crippen LogP contribution in [0.15, 0.2) is 0 Å². The summed E-state index contributed by atoms with van der Waals surface area (Å²) in [5, 5.41) is 9.61. The summed E-state index contributed by atoms with van der Waals surface area (Å²) in [6, 6.07) is 0.253. The van der Waals surface area contributed by atoms with E-state index in [4.69, 9.17) is 5.73 Å². The predicted octanol–water partition coefficient (Wildman–Crippen LogP) is 1.61. The van der Waals surface area contributed by atoms with E-state index in [1.54, 1.807) is 6.92 Å². The largest absolute Gasteiger partial charge is 0.382 e. The molecule has 1 aliphatic rings. The average molecular weight is 236 g/mol. The van der Waals surface area contributed by atoms with Gasteiger partial charge in [-0.1, -0.05) is 19.8 Å². The summed E-state index contributed by atoms with van der Waals surface area (Å²) in [7, 11) is 0. The number of carbonyl (C=O) groups excluding carboxylic acids is 1. The van der Waals surface area contributed by atoms with Crippen molar-refractivity contribution >= 4 is 11.7 Å². The monoisotopic (exact) mass is 236 g/mol. The second kappa shape index (κ2) is 4.77. The Morgan fingerprint density at radius 3 is 2.82 bits per heavy atom. The fourth-order valence-corrected chi connectivity index (χ4v) is 2.08. The van der Waals surface area contributed by atoms with E-state index in [9.17, 15) is 4.79 Å². The highest BCUT2D eigenvalue weighted by Crippen LogP contribution is 2.34. The van der Waals surface area contributed by atoms with Crippen molar-refractivity contribution in [1.29, 1.82) is 0 Å². The summed E-state index contributed by atoms with van der Waals surface area (Å²) in [5.74, 6) is 0.977. The number of nitrogens with one attached hydrogen (secondary N) is 2. The molecule has 0 aromatic carbocycles. The van der Waals surface area contributed by atoms with Crippen molar-refractivity contribution in [1.82, 2.24) is 15.5 Å². The SMILES string of the molecule is CCC(CC1CC1)NC(=O)c1c(N)n[nH]c1C. The molecule has 1 aliphatic carbocycles. The predicted molar refractivity (Wildman–Crippen MR) is 66.6 cm³/mol. The molecule has 4 N–H and O–H groups in total. The normalized spacial score (nSPS) is 16.8. The molecule has 0 spiro atoms. The number of carbonyl (C=O) groups is 1. The van der Waals surface area contributed by atoms with Gasteiger partial charge in [-0.2, -0.15) is 5.10 Å². The van der Waals surface area contributed by atoms with E-state index >= 15 is 0 Å². The molecule has 2 rings (SSSR count). The highest BCUT2D eigenvalue weighted by molar-refractivity contribution is 5.99. The molecule has 1 heterocycles. The quantitative estimate of drug-likeness (QED) is 0.726. The Labute approximate surface area is 101 Å². The molecule has 0 radical (unpaired) electrons. The zero-order chi connectivity index (χ0) is 12.4. The molecule has 5 nitrogen and oxygen atoms in total. The second-order valence-corrected chi connectivity index (χ2v) is 4.87. The summed E-state index contributed by atoms with van der Waals surface area (Å²) >= 11 is 0. The molecular weight excluding hydrogens is 216 g/mol. The van der Waals surface area contributed by atoms with Crippen molar-refractivity contribution < 1.29 is 4.79 Å². The van der Waals surface area contributed by atoms with Crippen LogP contribution in [0.1, 0.15) is 48.7 Å². The van der Waals surface area contributed by atoms with Crippen LogP contribution in [0.25, 0.3) is 0 Å². The number of rotatable bonds is 5. The van der Waals surface area contributed by atoms with Crippen molar-refractivity contribution in [2.24, 2.45) is 5.92 Å². The number of anilines is 1. The number of nitrogens with two attached hydrogens (primary N) is 1. The first kappa shape index (κ1) is 12.0. The van der Waals surface area contributed by atoms with Crippen molar-refractivity contribution in [2.45, 2.75) is 45.6 Å². The van der Waals surface area contributed by atoms with Gasteiger partial charge in [0.1, 0.15) is 5.56 Å². The minimum Gasteiger partial charge on any atom is -0.382 e. The molecule has 1 amide bonds. The van der Waals surface area contributed by atoms with Crippen molar-refractivity contribution in [2.75, 3.05) is 5.73 Å². The number of aromatic nitrogens is 2. The highest BCUT2D eigenvalue weighted by atomic mass is 16.1. The van der Waals surface area contributed by atoms with Gasteiger partial charge < -0.3 is 11.1 Å². The molecule has 0 saturated heterocycles. The van der Waals surface area contributed by atoms with Gasteiger partial charge in [0.25, 0.3) is 5.91 Å². The lowest BCUT2D eigenvalue weighted by Gasteiger charge is -2.16. The van der Waals surface area contributed by atoms with Crippen LogP contribution in [-0.4, -0.2) is 22.1 Å². The van der Waals surface area contributed by atoms with Gasteiger partial charge >= 0.3 is 0 Å². The third-order valence-electron chi connectivity index (χ3n) is 3.35. The van der Waals surface area contributed by atoms with Crippen LogP contribution in [0.3, 0.4) is 0 Å².